The summed E-state index contributed by atoms with van der Waals surface area (Å²) in [4.78, 5) is 67.0. The minimum absolute atomic E-state index is 0.0101. The lowest BCUT2D eigenvalue weighted by Crippen LogP contribution is -2.59. The highest BCUT2D eigenvalue weighted by atomic mass is 32.2. The first kappa shape index (κ1) is 45.1. The first-order chi connectivity index (χ1) is 30.1. The minimum atomic E-state index is -4.02. The highest BCUT2D eigenvalue weighted by molar-refractivity contribution is 7.91. The lowest BCUT2D eigenvalue weighted by atomic mass is 9.87. The van der Waals surface area contributed by atoms with E-state index in [0.29, 0.717) is 70.5 Å². The smallest absolute Gasteiger partial charge is 0.407 e. The SMILES string of the molecule is CCc1nc2ccc(OCCN3CCOCC3)cc2c2c1O[C@]1(CC2)C[C@H]2C(=O)N[C@]3(C(=O)NS(=O)(=O)C4(C)CC4)C[C@H]3/C=C\CCCCC[C@H](N(CC(C)C)C(=O)O)C(=O)N2C1. The van der Waals surface area contributed by atoms with Crippen LogP contribution in [-0.2, 0) is 42.0 Å². The van der Waals surface area contributed by atoms with Crippen molar-refractivity contribution in [3.05, 3.63) is 41.6 Å². The zero-order valence-electron chi connectivity index (χ0n) is 37.2. The van der Waals surface area contributed by atoms with E-state index in [1.165, 1.54) is 9.80 Å². The quantitative estimate of drug-likeness (QED) is 0.266. The lowest BCUT2D eigenvalue weighted by molar-refractivity contribution is -0.143. The average Bonchev–Trinajstić information content (AvgIpc) is 4.15. The molecular weight excluding hydrogens is 829 g/mol. The van der Waals surface area contributed by atoms with Gasteiger partial charge in [-0.3, -0.25) is 28.9 Å². The fourth-order valence-corrected chi connectivity index (χ4v) is 11.2. The van der Waals surface area contributed by atoms with Crippen molar-refractivity contribution in [3.8, 4) is 11.5 Å². The molecule has 4 amide bonds. The first-order valence-corrected chi connectivity index (χ1v) is 24.5. The number of aryl methyl sites for hydroxylation is 2. The van der Waals surface area contributed by atoms with Crippen molar-refractivity contribution in [1.82, 2.24) is 29.7 Å². The standard InChI is InChI=1S/C46H64N6O10S/c1-5-35-39-33(34-25-32(13-14-36(34)47-35)61-24-21-50-19-22-60-23-20-50)15-16-45(62-39)27-38-40(53)48-46(42(55)49-63(58,59)44(4)17-18-44)26-31(46)11-9-7-6-8-10-12-37(41(54)52(38)29-45)51(43(56)57)28-30(2)3/h9,11,13-14,25,30-31,37-38H,5-8,10,12,15-24,26-29H2,1-4H3,(H,48,53)(H,49,55)(H,56,57)/b11-9-/t31-,37+,38+,45-,46-/m1/s1. The Labute approximate surface area is 370 Å². The van der Waals surface area contributed by atoms with Crippen molar-refractivity contribution < 1.29 is 46.9 Å². The molecule has 8 rings (SSSR count). The Hall–Kier alpha value is -4.48. The van der Waals surface area contributed by atoms with Crippen molar-refractivity contribution in [2.24, 2.45) is 11.8 Å². The number of morpholine rings is 1. The fourth-order valence-electron chi connectivity index (χ4n) is 9.89. The summed E-state index contributed by atoms with van der Waals surface area (Å²) in [5.41, 5.74) is -0.0441. The van der Waals surface area contributed by atoms with Crippen LogP contribution in [0.15, 0.2) is 30.4 Å². The Morgan fingerprint density at radius 3 is 2.60 bits per heavy atom. The number of carbonyl (C=O) groups excluding carboxylic acids is 3. The number of rotatable bonds is 11. The Balaban J connectivity index is 1.12. The molecule has 63 heavy (non-hydrogen) atoms. The number of sulfonamides is 1. The second-order valence-electron chi connectivity index (χ2n) is 19.2. The number of aromatic nitrogens is 1. The summed E-state index contributed by atoms with van der Waals surface area (Å²) in [7, 11) is -4.02. The lowest BCUT2D eigenvalue weighted by Gasteiger charge is -2.37. The maximum atomic E-state index is 15.1. The summed E-state index contributed by atoms with van der Waals surface area (Å²) in [6.07, 6.45) is 8.41. The van der Waals surface area contributed by atoms with Gasteiger partial charge in [-0.15, -0.1) is 0 Å². The summed E-state index contributed by atoms with van der Waals surface area (Å²) >= 11 is 0. The van der Waals surface area contributed by atoms with E-state index in [-0.39, 0.29) is 38.3 Å². The van der Waals surface area contributed by atoms with E-state index in [1.54, 1.807) is 6.92 Å². The molecule has 4 fully saturated rings. The largest absolute Gasteiger partial charge is 0.492 e. The summed E-state index contributed by atoms with van der Waals surface area (Å²) in [5.74, 6) is -1.07. The molecule has 1 spiro atoms. The summed E-state index contributed by atoms with van der Waals surface area (Å²) in [6, 6.07) is 3.71. The molecule has 5 atom stereocenters. The predicted octanol–water partition coefficient (Wildman–Crippen LogP) is 4.57. The molecule has 2 aliphatic carbocycles. The van der Waals surface area contributed by atoms with E-state index >= 15 is 4.79 Å². The minimum Gasteiger partial charge on any atom is -0.492 e. The van der Waals surface area contributed by atoms with Crippen LogP contribution in [0, 0.1) is 11.8 Å². The summed E-state index contributed by atoms with van der Waals surface area (Å²) in [5, 5.41) is 14.4. The number of nitrogens with one attached hydrogen (secondary N) is 2. The second kappa shape index (κ2) is 17.8. The number of amides is 4. The van der Waals surface area contributed by atoms with Crippen LogP contribution in [0.4, 0.5) is 4.79 Å². The van der Waals surface area contributed by atoms with Crippen LogP contribution in [0.5, 0.6) is 11.5 Å². The van der Waals surface area contributed by atoms with Gasteiger partial charge in [0.1, 0.15) is 41.3 Å². The number of ether oxygens (including phenoxy) is 3. The van der Waals surface area contributed by atoms with Crippen LogP contribution < -0.4 is 19.5 Å². The molecule has 2 saturated carbocycles. The monoisotopic (exact) mass is 892 g/mol. The number of carbonyl (C=O) groups is 4. The third kappa shape index (κ3) is 9.24. The van der Waals surface area contributed by atoms with Crippen molar-refractivity contribution in [2.75, 3.05) is 52.5 Å². The van der Waals surface area contributed by atoms with Gasteiger partial charge in [0.2, 0.25) is 21.8 Å². The second-order valence-corrected chi connectivity index (χ2v) is 21.4. The van der Waals surface area contributed by atoms with E-state index in [9.17, 15) is 27.9 Å². The van der Waals surface area contributed by atoms with Gasteiger partial charge in [0.25, 0.3) is 5.91 Å². The molecule has 6 aliphatic rings. The highest BCUT2D eigenvalue weighted by Crippen LogP contribution is 2.49. The van der Waals surface area contributed by atoms with Gasteiger partial charge in [0.05, 0.1) is 35.7 Å². The van der Waals surface area contributed by atoms with Crippen molar-refractivity contribution >= 4 is 44.7 Å². The molecule has 0 radical (unpaired) electrons. The zero-order chi connectivity index (χ0) is 44.7. The van der Waals surface area contributed by atoms with Crippen molar-refractivity contribution in [3.63, 3.8) is 0 Å². The Kier molecular flexibility index (Phi) is 12.8. The van der Waals surface area contributed by atoms with Gasteiger partial charge in [0, 0.05) is 49.5 Å². The molecule has 2 saturated heterocycles. The molecule has 1 aromatic heterocycles. The van der Waals surface area contributed by atoms with Crippen LogP contribution in [0.25, 0.3) is 10.9 Å². The van der Waals surface area contributed by atoms with Crippen molar-refractivity contribution in [2.45, 2.75) is 133 Å². The topological polar surface area (TPSA) is 197 Å². The molecule has 2 aromatic rings. The number of hydrogen-bond acceptors (Lipinski definition) is 11. The maximum absolute atomic E-state index is 15.1. The Morgan fingerprint density at radius 1 is 1.11 bits per heavy atom. The predicted molar refractivity (Wildman–Crippen MR) is 235 cm³/mol. The van der Waals surface area contributed by atoms with E-state index in [2.05, 4.69) is 14.9 Å². The summed E-state index contributed by atoms with van der Waals surface area (Å²) in [6.45, 7) is 12.0. The van der Waals surface area contributed by atoms with E-state index in [0.717, 1.165) is 60.4 Å². The molecule has 4 aliphatic heterocycles. The number of allylic oxidation sites excluding steroid dienone is 1. The molecule has 17 heteroatoms. The number of fused-ring (bicyclic) bond motifs is 5. The van der Waals surface area contributed by atoms with E-state index in [1.807, 2.05) is 51.1 Å². The maximum Gasteiger partial charge on any atom is 0.407 e. The molecule has 344 valence electrons. The van der Waals surface area contributed by atoms with Gasteiger partial charge in [-0.05, 0) is 88.8 Å². The van der Waals surface area contributed by atoms with Gasteiger partial charge >= 0.3 is 6.09 Å². The Morgan fingerprint density at radius 2 is 1.89 bits per heavy atom. The van der Waals surface area contributed by atoms with Gasteiger partial charge in [-0.1, -0.05) is 45.8 Å². The molecule has 16 nitrogen and oxygen atoms in total. The molecule has 0 bridgehead atoms. The van der Waals surface area contributed by atoms with Gasteiger partial charge < -0.3 is 29.5 Å². The van der Waals surface area contributed by atoms with E-state index < -0.39 is 67.7 Å². The zero-order valence-corrected chi connectivity index (χ0v) is 38.0. The molecule has 5 heterocycles. The van der Waals surface area contributed by atoms with Crippen LogP contribution in [-0.4, -0.2) is 138 Å². The number of hydrogen-bond donors (Lipinski definition) is 3. The average molecular weight is 893 g/mol. The highest BCUT2D eigenvalue weighted by Gasteiger charge is 2.64. The van der Waals surface area contributed by atoms with Crippen LogP contribution >= 0.6 is 0 Å². The molecular formula is C46H64N6O10S. The van der Waals surface area contributed by atoms with Crippen LogP contribution in [0.3, 0.4) is 0 Å². The van der Waals surface area contributed by atoms with Crippen LogP contribution in [0.1, 0.15) is 103 Å². The summed E-state index contributed by atoms with van der Waals surface area (Å²) < 4.78 is 46.7. The molecule has 0 unspecified atom stereocenters. The Bertz CT molecular complexity index is 2240. The first-order valence-electron chi connectivity index (χ1n) is 23.0. The fraction of sp³-hybridized carbons (Fsp3) is 0.674. The van der Waals surface area contributed by atoms with E-state index in [4.69, 9.17) is 19.2 Å². The molecule has 1 aromatic carbocycles. The number of benzene rings is 1. The third-order valence-electron chi connectivity index (χ3n) is 14.1. The number of nitrogens with zero attached hydrogens (tertiary/aromatic N) is 4. The molecule has 3 N–H and O–H groups in total. The third-order valence-corrected chi connectivity index (χ3v) is 16.3. The van der Waals surface area contributed by atoms with Crippen LogP contribution in [0.2, 0.25) is 0 Å². The van der Waals surface area contributed by atoms with Crippen molar-refractivity contribution in [1.29, 1.82) is 0 Å². The van der Waals surface area contributed by atoms with Gasteiger partial charge in [-0.2, -0.15) is 0 Å². The normalized spacial score (nSPS) is 29.0. The van der Waals surface area contributed by atoms with Gasteiger partial charge in [-0.25, -0.2) is 18.2 Å². The number of pyridine rings is 1. The van der Waals surface area contributed by atoms with Gasteiger partial charge in [0.15, 0.2) is 0 Å². The number of carboxylic acid groups (broad SMARTS) is 1.